The number of benzene rings is 1. The predicted molar refractivity (Wildman–Crippen MR) is 353 cm³/mol. The van der Waals surface area contributed by atoms with Crippen molar-refractivity contribution in [2.45, 2.75) is 257 Å². The van der Waals surface area contributed by atoms with Crippen molar-refractivity contribution in [1.82, 2.24) is 50.7 Å². The fourth-order valence-corrected chi connectivity index (χ4v) is 15.8. The maximum atomic E-state index is 14.7. The molecule has 0 radical (unpaired) electrons. The number of likely N-dealkylation sites (tertiary alicyclic amines) is 1. The molecule has 6 aliphatic rings. The molecule has 1 amide bonds. The number of hydrogen-bond acceptors (Lipinski definition) is 12. The molecule has 0 bridgehead atoms. The van der Waals surface area contributed by atoms with E-state index in [0.29, 0.717) is 48.8 Å². The Kier molecular flexibility index (Phi) is 28.1. The lowest BCUT2D eigenvalue weighted by Crippen LogP contribution is -2.64. The molecule has 1 spiro atoms. The van der Waals surface area contributed by atoms with Gasteiger partial charge >= 0.3 is 6.18 Å². The summed E-state index contributed by atoms with van der Waals surface area (Å²) in [6.45, 7) is 31.5. The largest absolute Gasteiger partial charge is 0.417 e. The number of carbonyl (C=O) groups is 1. The van der Waals surface area contributed by atoms with Crippen LogP contribution in [0.3, 0.4) is 0 Å². The zero-order valence-electron chi connectivity index (χ0n) is 55.4. The summed E-state index contributed by atoms with van der Waals surface area (Å²) < 4.78 is 41.1. The standard InChI is InChI=1S/C69H118ClF3N12O/c1-12-52(5)83-39-38-80(10)53(6)43-77-66(67(86)82-35-19-14-20-36-82)55(8)78-65(50(2)3)56(9)79-68(29-17-18-30-68)31-32-74-33-34-75-44-59(27-25-58-26-28-63(64(70)42-58)69(71,72)73)76-45-60-24-21-37-84(60)49-61(41-57-22-15-13-16-23-57)81(11)48-62-40-51(4)46-85(62)54(7)47-83/h26,28,33-34,42,44-45,50-57,61-62,65-66,74,77-79H,12-25,27,29-32,35-41,43,46-49H2,1-11H3/t51?,52-,53?,54?,55?,56?,61-,62?,65-,66-/m0/s1. The van der Waals surface area contributed by atoms with Gasteiger partial charge in [-0.3, -0.25) is 24.6 Å². The van der Waals surface area contributed by atoms with E-state index in [2.05, 4.69) is 133 Å². The van der Waals surface area contributed by atoms with Crippen LogP contribution < -0.4 is 21.3 Å². The third kappa shape index (κ3) is 21.0. The number of alkyl halides is 3. The second-order valence-corrected chi connectivity index (χ2v) is 28.7. The molecule has 2 saturated carbocycles. The lowest BCUT2D eigenvalue weighted by atomic mass is 9.84. The Bertz CT molecular complexity index is 2310. The van der Waals surface area contributed by atoms with Crippen LogP contribution in [0.1, 0.15) is 195 Å². The van der Waals surface area contributed by atoms with Crippen LogP contribution in [0.5, 0.6) is 0 Å². The van der Waals surface area contributed by atoms with Crippen molar-refractivity contribution >= 4 is 29.4 Å². The number of aliphatic imine (C=N–C) groups is 2. The highest BCUT2D eigenvalue weighted by Gasteiger charge is 2.40. The SMILES string of the molecule is CC[C@H](C)N1CCN(C)C(C)CN[C@H](C(=O)N2CCCCC2)C(C)N[C@@H](C(C)C)C(C)NC2(CCCC2)CCNC=CN=CC(CCc2ccc(C(F)(F)F)c(Cl)c2)=NC=C2CCCN2C[C@H](CC2CCCCC2)N(C)CC2CC(C)CN2C(C)C1. The number of nitrogens with zero attached hydrogens (tertiary/aromatic N) is 8. The van der Waals surface area contributed by atoms with Crippen molar-refractivity contribution in [2.75, 3.05) is 86.1 Å². The van der Waals surface area contributed by atoms with Gasteiger partial charge in [0.25, 0.3) is 0 Å². The molecule has 4 N–H and O–H groups in total. The highest BCUT2D eigenvalue weighted by atomic mass is 35.5. The second-order valence-electron chi connectivity index (χ2n) is 28.3. The molecule has 1 aromatic rings. The Morgan fingerprint density at radius 3 is 2.24 bits per heavy atom. The van der Waals surface area contributed by atoms with E-state index in [-0.39, 0.29) is 46.7 Å². The summed E-state index contributed by atoms with van der Waals surface area (Å²) in [5.74, 6) is 1.94. The van der Waals surface area contributed by atoms with Crippen LogP contribution in [0.4, 0.5) is 13.2 Å². The molecule has 13 nitrogen and oxygen atoms in total. The maximum Gasteiger partial charge on any atom is 0.417 e. The molecule has 4 aliphatic heterocycles. The van der Waals surface area contributed by atoms with Crippen LogP contribution in [0.15, 0.2) is 52.5 Å². The predicted octanol–water partition coefficient (Wildman–Crippen LogP) is 12.3. The van der Waals surface area contributed by atoms with E-state index in [0.717, 1.165) is 147 Å². The highest BCUT2D eigenvalue weighted by Crippen LogP contribution is 2.37. The number of amides is 1. The average molecular weight is 1220 g/mol. The smallest absolute Gasteiger partial charge is 0.390 e. The van der Waals surface area contributed by atoms with Gasteiger partial charge in [-0.15, -0.1) is 0 Å². The molecule has 3 saturated heterocycles. The maximum absolute atomic E-state index is 14.7. The molecule has 17 heteroatoms. The Labute approximate surface area is 525 Å². The van der Waals surface area contributed by atoms with E-state index < -0.39 is 11.7 Å². The topological polar surface area (TPSA) is 109 Å². The minimum absolute atomic E-state index is 0.00842. The van der Waals surface area contributed by atoms with Gasteiger partial charge < -0.3 is 40.9 Å². The molecule has 5 fully saturated rings. The Morgan fingerprint density at radius 2 is 1.55 bits per heavy atom. The average Bonchev–Trinajstić information content (AvgIpc) is 3.53. The van der Waals surface area contributed by atoms with E-state index in [9.17, 15) is 18.0 Å². The number of carbonyl (C=O) groups excluding carboxylic acids is 1. The summed E-state index contributed by atoms with van der Waals surface area (Å²) in [6, 6.07) is 5.94. The summed E-state index contributed by atoms with van der Waals surface area (Å²) in [5.41, 5.74) is 1.91. The van der Waals surface area contributed by atoms with Gasteiger partial charge in [0.1, 0.15) is 6.04 Å². The molecule has 488 valence electrons. The number of aryl methyl sites for hydroxylation is 1. The molecule has 0 aromatic heterocycles. The molecule has 86 heavy (non-hydrogen) atoms. The zero-order chi connectivity index (χ0) is 62.0. The van der Waals surface area contributed by atoms with Crippen LogP contribution in [0, 0.1) is 17.8 Å². The Balaban J connectivity index is 1.17. The first-order chi connectivity index (χ1) is 41.1. The number of halogens is 4. The summed E-state index contributed by atoms with van der Waals surface area (Å²) in [5, 5.41) is 15.4. The number of nitrogens with one attached hydrogen (secondary N) is 4. The Morgan fingerprint density at radius 1 is 0.814 bits per heavy atom. The summed E-state index contributed by atoms with van der Waals surface area (Å²) >= 11 is 6.22. The highest BCUT2D eigenvalue weighted by molar-refractivity contribution is 6.31. The minimum Gasteiger partial charge on any atom is -0.390 e. The van der Waals surface area contributed by atoms with Gasteiger partial charge in [0.15, 0.2) is 0 Å². The van der Waals surface area contributed by atoms with Crippen molar-refractivity contribution in [2.24, 2.45) is 27.7 Å². The van der Waals surface area contributed by atoms with E-state index in [1.54, 1.807) is 6.20 Å². The Hall–Kier alpha value is -3.09. The first-order valence-corrected chi connectivity index (χ1v) is 34.7. The summed E-state index contributed by atoms with van der Waals surface area (Å²) in [4.78, 5) is 40.2. The fraction of sp³-hybridized carbons (Fsp3) is 0.812. The summed E-state index contributed by atoms with van der Waals surface area (Å²) in [7, 11) is 4.68. The number of fused-ring (bicyclic) bond motifs is 2. The van der Waals surface area contributed by atoms with Crippen molar-refractivity contribution in [1.29, 1.82) is 0 Å². The molecule has 1 aromatic carbocycles. The second kappa shape index (κ2) is 34.4. The van der Waals surface area contributed by atoms with Gasteiger partial charge in [-0.2, -0.15) is 13.2 Å². The number of likely N-dealkylation sites (N-methyl/N-ethyl adjacent to an activating group) is 2. The van der Waals surface area contributed by atoms with Crippen molar-refractivity contribution in [3.63, 3.8) is 0 Å². The normalized spacial score (nSPS) is 30.6. The van der Waals surface area contributed by atoms with Crippen LogP contribution in [0.25, 0.3) is 0 Å². The number of rotatable bonds is 9. The molecule has 10 atom stereocenters. The van der Waals surface area contributed by atoms with E-state index in [1.807, 2.05) is 12.4 Å². The lowest BCUT2D eigenvalue weighted by Gasteiger charge is -2.42. The van der Waals surface area contributed by atoms with E-state index in [1.165, 1.54) is 82.0 Å². The zero-order valence-corrected chi connectivity index (χ0v) is 56.1. The van der Waals surface area contributed by atoms with Crippen molar-refractivity contribution < 1.29 is 18.0 Å². The molecular weight excluding hydrogens is 1110 g/mol. The lowest BCUT2D eigenvalue weighted by molar-refractivity contribution is -0.137. The number of hydrogen-bond donors (Lipinski definition) is 4. The molecular formula is C69H118ClF3N12O. The first-order valence-electron chi connectivity index (χ1n) is 34.4. The van der Waals surface area contributed by atoms with Crippen LogP contribution in [0.2, 0.25) is 5.02 Å². The monoisotopic (exact) mass is 1220 g/mol. The van der Waals surface area contributed by atoms with Gasteiger partial charge in [-0.25, -0.2) is 0 Å². The van der Waals surface area contributed by atoms with Gasteiger partial charge in [-0.05, 0) is 168 Å². The molecule has 7 rings (SSSR count). The van der Waals surface area contributed by atoms with Gasteiger partial charge in [0, 0.05) is 156 Å². The molecule has 2 aliphatic carbocycles. The quantitative estimate of drug-likeness (QED) is 0.191. The fourth-order valence-electron chi connectivity index (χ4n) is 15.5. The molecule has 6 unspecified atom stereocenters. The minimum atomic E-state index is -4.51. The van der Waals surface area contributed by atoms with Gasteiger partial charge in [-0.1, -0.05) is 90.3 Å². The van der Waals surface area contributed by atoms with Crippen LogP contribution in [-0.2, 0) is 17.4 Å². The van der Waals surface area contributed by atoms with Crippen LogP contribution >= 0.6 is 11.6 Å². The van der Waals surface area contributed by atoms with Gasteiger partial charge in [0.2, 0.25) is 5.91 Å². The third-order valence-corrected chi connectivity index (χ3v) is 21.4. The van der Waals surface area contributed by atoms with E-state index in [4.69, 9.17) is 21.6 Å². The molecule has 4 heterocycles. The number of piperidine rings is 1. The first kappa shape index (κ1) is 70.4. The van der Waals surface area contributed by atoms with Gasteiger partial charge in [0.05, 0.1) is 16.3 Å². The third-order valence-electron chi connectivity index (χ3n) is 21.1. The van der Waals surface area contributed by atoms with Crippen LogP contribution in [-0.4, -0.2) is 193 Å². The van der Waals surface area contributed by atoms with E-state index >= 15 is 0 Å². The number of allylic oxidation sites excluding steroid dienone is 1. The van der Waals surface area contributed by atoms with Crippen molar-refractivity contribution in [3.05, 3.63) is 58.6 Å². The summed E-state index contributed by atoms with van der Waals surface area (Å²) in [6.07, 6.45) is 25.1. The van der Waals surface area contributed by atoms with Crippen molar-refractivity contribution in [3.8, 4) is 0 Å².